The molecule has 0 aromatic carbocycles. The van der Waals surface area contributed by atoms with E-state index in [1.165, 1.54) is 6.33 Å². The molecule has 6 heteroatoms. The Labute approximate surface area is 75.5 Å². The van der Waals surface area contributed by atoms with Crippen molar-refractivity contribution in [3.63, 3.8) is 0 Å². The van der Waals surface area contributed by atoms with Crippen LogP contribution in [0.25, 0.3) is 0 Å². The minimum absolute atomic E-state index is 0.266. The number of nitrogens with one attached hydrogen (secondary N) is 1. The molecule has 0 saturated heterocycles. The van der Waals surface area contributed by atoms with Gasteiger partial charge in [0.15, 0.2) is 11.0 Å². The zero-order chi connectivity index (χ0) is 9.14. The van der Waals surface area contributed by atoms with E-state index in [1.807, 2.05) is 0 Å². The minimum atomic E-state index is 0.266. The normalized spacial score (nSPS) is 9.92. The van der Waals surface area contributed by atoms with Gasteiger partial charge < -0.3 is 5.73 Å². The van der Waals surface area contributed by atoms with Crippen LogP contribution in [0.15, 0.2) is 6.33 Å². The lowest BCUT2D eigenvalue weighted by Gasteiger charge is -2.17. The third-order valence-electron chi connectivity index (χ3n) is 1.47. The number of hydrogen-bond acceptors (Lipinski definition) is 5. The minimum Gasteiger partial charge on any atom is -0.393 e. The van der Waals surface area contributed by atoms with Gasteiger partial charge in [-0.1, -0.05) is 11.6 Å². The van der Waals surface area contributed by atoms with E-state index in [9.17, 15) is 0 Å². The second-order valence-corrected chi connectivity index (χ2v) is 2.54. The third kappa shape index (κ3) is 1.57. The number of nitrogen functional groups attached to an aromatic ring is 1. The van der Waals surface area contributed by atoms with Gasteiger partial charge in [-0.05, 0) is 0 Å². The molecule has 0 amide bonds. The topological polar surface area (TPSA) is 67.1 Å². The van der Waals surface area contributed by atoms with E-state index >= 15 is 0 Å². The average Bonchev–Trinajstić information content (AvgIpc) is 2.08. The molecule has 0 unspecified atom stereocenters. The van der Waals surface area contributed by atoms with Crippen LogP contribution < -0.4 is 16.2 Å². The Kier molecular flexibility index (Phi) is 2.67. The highest BCUT2D eigenvalue weighted by Gasteiger charge is 2.08. The summed E-state index contributed by atoms with van der Waals surface area (Å²) in [5, 5.41) is 1.92. The van der Waals surface area contributed by atoms with E-state index in [0.29, 0.717) is 11.5 Å². The molecule has 0 saturated carbocycles. The van der Waals surface area contributed by atoms with Crippen molar-refractivity contribution in [2.75, 3.05) is 24.8 Å². The predicted octanol–water partition coefficient (Wildman–Crippen LogP) is 0.283. The van der Waals surface area contributed by atoms with Gasteiger partial charge in [0.05, 0.1) is 0 Å². The van der Waals surface area contributed by atoms with E-state index in [1.54, 1.807) is 19.1 Å². The highest BCUT2D eigenvalue weighted by molar-refractivity contribution is 6.32. The van der Waals surface area contributed by atoms with Crippen LogP contribution in [-0.4, -0.2) is 24.1 Å². The Morgan fingerprint density at radius 3 is 2.83 bits per heavy atom. The summed E-state index contributed by atoms with van der Waals surface area (Å²) in [7, 11) is 3.55. The molecule has 3 N–H and O–H groups in total. The molecule has 0 aliphatic carbocycles. The Hall–Kier alpha value is -1.07. The zero-order valence-electron chi connectivity index (χ0n) is 6.87. The van der Waals surface area contributed by atoms with Crippen molar-refractivity contribution < 1.29 is 0 Å². The first-order chi connectivity index (χ1) is 5.66. The summed E-state index contributed by atoms with van der Waals surface area (Å²) in [6.07, 6.45) is 1.36. The fourth-order valence-corrected chi connectivity index (χ4v) is 0.867. The molecule has 1 rings (SSSR count). The fourth-order valence-electron chi connectivity index (χ4n) is 0.739. The molecular formula is C6H10ClN5. The summed E-state index contributed by atoms with van der Waals surface area (Å²) < 4.78 is 0. The zero-order valence-corrected chi connectivity index (χ0v) is 7.63. The van der Waals surface area contributed by atoms with Gasteiger partial charge in [-0.3, -0.25) is 5.01 Å². The van der Waals surface area contributed by atoms with Crippen LogP contribution >= 0.6 is 11.6 Å². The van der Waals surface area contributed by atoms with Crippen molar-refractivity contribution in [2.45, 2.75) is 0 Å². The number of aromatic nitrogens is 2. The monoisotopic (exact) mass is 187 g/mol. The summed E-state index contributed by atoms with van der Waals surface area (Å²) >= 11 is 5.68. The Morgan fingerprint density at radius 1 is 1.58 bits per heavy atom. The molecule has 66 valence electrons. The number of nitrogens with zero attached hydrogens (tertiary/aromatic N) is 3. The first-order valence-corrected chi connectivity index (χ1v) is 3.71. The van der Waals surface area contributed by atoms with Gasteiger partial charge in [-0.2, -0.15) is 0 Å². The SMILES string of the molecule is CNN(C)c1ncnc(Cl)c1N. The van der Waals surface area contributed by atoms with Gasteiger partial charge in [0.2, 0.25) is 0 Å². The first-order valence-electron chi connectivity index (χ1n) is 3.34. The summed E-state index contributed by atoms with van der Waals surface area (Å²) in [5.74, 6) is 0.567. The van der Waals surface area contributed by atoms with E-state index in [0.717, 1.165) is 0 Å². The highest BCUT2D eigenvalue weighted by atomic mass is 35.5. The summed E-state index contributed by atoms with van der Waals surface area (Å²) in [4.78, 5) is 7.68. The average molecular weight is 188 g/mol. The van der Waals surface area contributed by atoms with Crippen molar-refractivity contribution >= 4 is 23.1 Å². The van der Waals surface area contributed by atoms with Crippen LogP contribution in [0.3, 0.4) is 0 Å². The predicted molar refractivity (Wildman–Crippen MR) is 48.9 cm³/mol. The molecule has 12 heavy (non-hydrogen) atoms. The lowest BCUT2D eigenvalue weighted by Crippen LogP contribution is -2.32. The number of rotatable bonds is 2. The van der Waals surface area contributed by atoms with Crippen molar-refractivity contribution in [3.8, 4) is 0 Å². The number of halogens is 1. The van der Waals surface area contributed by atoms with Crippen LogP contribution in [0, 0.1) is 0 Å². The maximum Gasteiger partial charge on any atom is 0.170 e. The Morgan fingerprint density at radius 2 is 2.25 bits per heavy atom. The number of nitrogens with two attached hydrogens (primary N) is 1. The van der Waals surface area contributed by atoms with Crippen LogP contribution in [-0.2, 0) is 0 Å². The van der Waals surface area contributed by atoms with E-state index in [4.69, 9.17) is 17.3 Å². The van der Waals surface area contributed by atoms with Crippen molar-refractivity contribution in [1.29, 1.82) is 0 Å². The molecule has 0 fully saturated rings. The molecule has 0 radical (unpaired) electrons. The van der Waals surface area contributed by atoms with Crippen LogP contribution in [0.4, 0.5) is 11.5 Å². The molecule has 0 spiro atoms. The number of hydrogen-bond donors (Lipinski definition) is 2. The van der Waals surface area contributed by atoms with Crippen molar-refractivity contribution in [2.24, 2.45) is 0 Å². The molecule has 1 aromatic heterocycles. The molecule has 0 aliphatic heterocycles. The summed E-state index contributed by atoms with van der Waals surface area (Å²) in [6, 6.07) is 0. The number of anilines is 2. The summed E-state index contributed by atoms with van der Waals surface area (Å²) in [5.41, 5.74) is 8.85. The molecule has 1 aromatic rings. The number of hydrazine groups is 1. The largest absolute Gasteiger partial charge is 0.393 e. The maximum atomic E-state index is 5.68. The van der Waals surface area contributed by atoms with Gasteiger partial charge in [0, 0.05) is 14.1 Å². The van der Waals surface area contributed by atoms with Gasteiger partial charge in [-0.15, -0.1) is 0 Å². The maximum absolute atomic E-state index is 5.68. The first kappa shape index (κ1) is 9.02. The quantitative estimate of drug-likeness (QED) is 0.515. The van der Waals surface area contributed by atoms with Gasteiger partial charge in [0.25, 0.3) is 0 Å². The Bertz CT molecular complexity index is 277. The summed E-state index contributed by atoms with van der Waals surface area (Å²) in [6.45, 7) is 0. The smallest absolute Gasteiger partial charge is 0.170 e. The molecule has 0 aliphatic rings. The van der Waals surface area contributed by atoms with Crippen molar-refractivity contribution in [3.05, 3.63) is 11.5 Å². The van der Waals surface area contributed by atoms with Crippen LogP contribution in [0.5, 0.6) is 0 Å². The highest BCUT2D eigenvalue weighted by Crippen LogP contribution is 2.23. The van der Waals surface area contributed by atoms with Gasteiger partial charge in [-0.25, -0.2) is 15.4 Å². The molecule has 1 heterocycles. The van der Waals surface area contributed by atoms with E-state index in [-0.39, 0.29) is 5.15 Å². The molecule has 5 nitrogen and oxygen atoms in total. The van der Waals surface area contributed by atoms with Crippen LogP contribution in [0.1, 0.15) is 0 Å². The standard InChI is InChI=1S/C6H10ClN5/c1-9-12(2)6-4(8)5(7)10-3-11-6/h3,9H,8H2,1-2H3. The van der Waals surface area contributed by atoms with Gasteiger partial charge >= 0.3 is 0 Å². The molecule has 0 bridgehead atoms. The van der Waals surface area contributed by atoms with Crippen LogP contribution in [0.2, 0.25) is 5.15 Å². The Balaban J connectivity index is 3.07. The molecular weight excluding hydrogens is 178 g/mol. The molecule has 0 atom stereocenters. The van der Waals surface area contributed by atoms with Gasteiger partial charge in [0.1, 0.15) is 12.0 Å². The lowest BCUT2D eigenvalue weighted by molar-refractivity contribution is 0.775. The second kappa shape index (κ2) is 3.55. The van der Waals surface area contributed by atoms with Crippen molar-refractivity contribution in [1.82, 2.24) is 15.4 Å². The fraction of sp³-hybridized carbons (Fsp3) is 0.333. The third-order valence-corrected chi connectivity index (χ3v) is 1.77. The van der Waals surface area contributed by atoms with E-state index < -0.39 is 0 Å². The lowest BCUT2D eigenvalue weighted by atomic mass is 10.5. The van der Waals surface area contributed by atoms with E-state index in [2.05, 4.69) is 15.4 Å². The second-order valence-electron chi connectivity index (χ2n) is 2.18.